The standard InChI is InChI=1S/C11H20N2O/c1-4-13-5-2-9(1)11(7-13)12-10-3-6-14-8-10/h9-12H,1-8H2. The van der Waals surface area contributed by atoms with Crippen LogP contribution in [0.5, 0.6) is 0 Å². The molecule has 2 unspecified atom stereocenters. The first-order valence-electron chi connectivity index (χ1n) is 5.98. The maximum absolute atomic E-state index is 5.40. The average Bonchev–Trinajstić information content (AvgIpc) is 2.72. The summed E-state index contributed by atoms with van der Waals surface area (Å²) in [6.45, 7) is 5.84. The van der Waals surface area contributed by atoms with Crippen LogP contribution in [0.25, 0.3) is 0 Å². The summed E-state index contributed by atoms with van der Waals surface area (Å²) in [5, 5.41) is 3.78. The van der Waals surface area contributed by atoms with E-state index in [0.29, 0.717) is 6.04 Å². The van der Waals surface area contributed by atoms with E-state index in [-0.39, 0.29) is 0 Å². The molecule has 80 valence electrons. The molecule has 4 heterocycles. The summed E-state index contributed by atoms with van der Waals surface area (Å²) in [6.07, 6.45) is 4.03. The third kappa shape index (κ3) is 1.69. The fraction of sp³-hybridized carbons (Fsp3) is 1.00. The highest BCUT2D eigenvalue weighted by Gasteiger charge is 2.35. The van der Waals surface area contributed by atoms with E-state index in [1.54, 1.807) is 0 Å². The van der Waals surface area contributed by atoms with E-state index in [4.69, 9.17) is 4.74 Å². The van der Waals surface area contributed by atoms with Gasteiger partial charge in [0.1, 0.15) is 0 Å². The van der Waals surface area contributed by atoms with E-state index < -0.39 is 0 Å². The number of ether oxygens (including phenoxy) is 1. The minimum Gasteiger partial charge on any atom is -0.380 e. The van der Waals surface area contributed by atoms with Crippen LogP contribution >= 0.6 is 0 Å². The molecule has 0 amide bonds. The third-order valence-electron chi connectivity index (χ3n) is 4.04. The Morgan fingerprint density at radius 3 is 2.57 bits per heavy atom. The van der Waals surface area contributed by atoms with Crippen molar-refractivity contribution in [1.29, 1.82) is 0 Å². The highest BCUT2D eigenvalue weighted by atomic mass is 16.5. The van der Waals surface area contributed by atoms with Gasteiger partial charge < -0.3 is 15.0 Å². The van der Waals surface area contributed by atoms with Crippen molar-refractivity contribution in [2.24, 2.45) is 5.92 Å². The largest absolute Gasteiger partial charge is 0.380 e. The van der Waals surface area contributed by atoms with Gasteiger partial charge in [0.05, 0.1) is 6.61 Å². The summed E-state index contributed by atoms with van der Waals surface area (Å²) in [4.78, 5) is 2.60. The highest BCUT2D eigenvalue weighted by molar-refractivity contribution is 4.92. The van der Waals surface area contributed by atoms with Gasteiger partial charge in [-0.3, -0.25) is 0 Å². The molecule has 1 N–H and O–H groups in total. The Kier molecular flexibility index (Phi) is 2.48. The van der Waals surface area contributed by atoms with E-state index in [1.807, 2.05) is 0 Å². The van der Waals surface area contributed by atoms with Crippen LogP contribution in [0, 0.1) is 5.92 Å². The Bertz CT molecular complexity index is 195. The summed E-state index contributed by atoms with van der Waals surface area (Å²) >= 11 is 0. The first-order chi connectivity index (χ1) is 6.92. The van der Waals surface area contributed by atoms with Gasteiger partial charge in [0, 0.05) is 25.2 Å². The van der Waals surface area contributed by atoms with Crippen molar-refractivity contribution in [2.45, 2.75) is 31.3 Å². The Morgan fingerprint density at radius 1 is 1.14 bits per heavy atom. The van der Waals surface area contributed by atoms with Gasteiger partial charge >= 0.3 is 0 Å². The molecule has 0 spiro atoms. The fourth-order valence-electron chi connectivity index (χ4n) is 3.12. The molecule has 0 aromatic rings. The fourth-order valence-corrected chi connectivity index (χ4v) is 3.12. The summed E-state index contributed by atoms with van der Waals surface area (Å²) in [5.41, 5.74) is 0. The first kappa shape index (κ1) is 9.13. The monoisotopic (exact) mass is 196 g/mol. The molecule has 0 aliphatic carbocycles. The number of fused-ring (bicyclic) bond motifs is 3. The van der Waals surface area contributed by atoms with E-state index in [2.05, 4.69) is 10.2 Å². The van der Waals surface area contributed by atoms with Crippen LogP contribution < -0.4 is 5.32 Å². The predicted molar refractivity (Wildman–Crippen MR) is 55.3 cm³/mol. The molecule has 3 nitrogen and oxygen atoms in total. The Balaban J connectivity index is 1.57. The van der Waals surface area contributed by atoms with Crippen LogP contribution in [0.1, 0.15) is 19.3 Å². The zero-order valence-electron chi connectivity index (χ0n) is 8.74. The van der Waals surface area contributed by atoms with Gasteiger partial charge in [-0.1, -0.05) is 0 Å². The van der Waals surface area contributed by atoms with Crippen LogP contribution in [-0.4, -0.2) is 49.8 Å². The van der Waals surface area contributed by atoms with Gasteiger partial charge in [-0.2, -0.15) is 0 Å². The number of hydrogen-bond acceptors (Lipinski definition) is 3. The van der Waals surface area contributed by atoms with E-state index in [0.717, 1.165) is 25.2 Å². The summed E-state index contributed by atoms with van der Waals surface area (Å²) in [6, 6.07) is 1.39. The average molecular weight is 196 g/mol. The lowest BCUT2D eigenvalue weighted by atomic mass is 9.83. The van der Waals surface area contributed by atoms with Crippen LogP contribution in [0.15, 0.2) is 0 Å². The molecule has 4 rings (SSSR count). The molecular weight excluding hydrogens is 176 g/mol. The van der Waals surface area contributed by atoms with Crippen LogP contribution in [0.3, 0.4) is 0 Å². The van der Waals surface area contributed by atoms with E-state index >= 15 is 0 Å². The smallest absolute Gasteiger partial charge is 0.0620 e. The molecule has 4 saturated heterocycles. The van der Waals surface area contributed by atoms with Crippen LogP contribution in [0.2, 0.25) is 0 Å². The van der Waals surface area contributed by atoms with Crippen molar-refractivity contribution in [3.05, 3.63) is 0 Å². The van der Waals surface area contributed by atoms with Gasteiger partial charge in [0.2, 0.25) is 0 Å². The second-order valence-electron chi connectivity index (χ2n) is 4.97. The highest BCUT2D eigenvalue weighted by Crippen LogP contribution is 2.28. The van der Waals surface area contributed by atoms with Gasteiger partial charge in [-0.15, -0.1) is 0 Å². The van der Waals surface area contributed by atoms with E-state index in [1.165, 1.54) is 38.9 Å². The van der Waals surface area contributed by atoms with Crippen LogP contribution in [-0.2, 0) is 4.74 Å². The molecule has 0 aromatic heterocycles. The maximum Gasteiger partial charge on any atom is 0.0620 e. The lowest BCUT2D eigenvalue weighted by Crippen LogP contribution is -2.58. The molecule has 2 bridgehead atoms. The molecule has 0 saturated carbocycles. The molecule has 14 heavy (non-hydrogen) atoms. The zero-order valence-corrected chi connectivity index (χ0v) is 8.74. The lowest BCUT2D eigenvalue weighted by molar-refractivity contribution is 0.0655. The number of piperidine rings is 3. The van der Waals surface area contributed by atoms with Gasteiger partial charge in [0.25, 0.3) is 0 Å². The second kappa shape index (κ2) is 3.80. The summed E-state index contributed by atoms with van der Waals surface area (Å²) < 4.78 is 5.40. The molecule has 2 atom stereocenters. The minimum atomic E-state index is 0.639. The second-order valence-corrected chi connectivity index (χ2v) is 4.97. The van der Waals surface area contributed by atoms with Crippen molar-refractivity contribution in [1.82, 2.24) is 10.2 Å². The van der Waals surface area contributed by atoms with Crippen molar-refractivity contribution >= 4 is 0 Å². The Hall–Kier alpha value is -0.120. The number of nitrogens with one attached hydrogen (secondary N) is 1. The molecule has 3 heteroatoms. The van der Waals surface area contributed by atoms with Gasteiger partial charge in [-0.25, -0.2) is 0 Å². The number of rotatable bonds is 2. The SMILES string of the molecule is C1CC(NC2CN3CCC2CC3)CO1. The van der Waals surface area contributed by atoms with Gasteiger partial charge in [0.15, 0.2) is 0 Å². The Morgan fingerprint density at radius 2 is 2.00 bits per heavy atom. The van der Waals surface area contributed by atoms with E-state index in [9.17, 15) is 0 Å². The van der Waals surface area contributed by atoms with Crippen LogP contribution in [0.4, 0.5) is 0 Å². The van der Waals surface area contributed by atoms with Gasteiger partial charge in [-0.05, 0) is 38.3 Å². The number of hydrogen-bond donors (Lipinski definition) is 1. The van der Waals surface area contributed by atoms with Crippen molar-refractivity contribution in [3.8, 4) is 0 Å². The first-order valence-corrected chi connectivity index (χ1v) is 5.98. The lowest BCUT2D eigenvalue weighted by Gasteiger charge is -2.45. The molecule has 4 aliphatic rings. The quantitative estimate of drug-likeness (QED) is 0.694. The normalized spacial score (nSPS) is 47.1. The van der Waals surface area contributed by atoms with Crippen molar-refractivity contribution < 1.29 is 4.74 Å². The predicted octanol–water partition coefficient (Wildman–Crippen LogP) is 0.459. The van der Waals surface area contributed by atoms with Crippen molar-refractivity contribution in [3.63, 3.8) is 0 Å². The molecule has 0 radical (unpaired) electrons. The summed E-state index contributed by atoms with van der Waals surface area (Å²) in [7, 11) is 0. The minimum absolute atomic E-state index is 0.639. The molecule has 4 aliphatic heterocycles. The van der Waals surface area contributed by atoms with Crippen molar-refractivity contribution in [2.75, 3.05) is 32.8 Å². The third-order valence-corrected chi connectivity index (χ3v) is 4.04. The topological polar surface area (TPSA) is 24.5 Å². The maximum atomic E-state index is 5.40. The number of nitrogens with zero attached hydrogens (tertiary/aromatic N) is 1. The molecule has 0 aromatic carbocycles. The zero-order chi connectivity index (χ0) is 9.38. The molecular formula is C11H20N2O. The Labute approximate surface area is 85.8 Å². The summed E-state index contributed by atoms with van der Waals surface area (Å²) in [5.74, 6) is 0.945. The molecule has 4 fully saturated rings.